The van der Waals surface area contributed by atoms with Crippen molar-refractivity contribution in [1.82, 2.24) is 4.90 Å². The van der Waals surface area contributed by atoms with Crippen LogP contribution in [-0.4, -0.2) is 35.2 Å². The third kappa shape index (κ3) is 6.27. The molecule has 0 aromatic heterocycles. The van der Waals surface area contributed by atoms with Gasteiger partial charge in [-0.05, 0) is 25.8 Å². The van der Waals surface area contributed by atoms with Crippen molar-refractivity contribution in [2.24, 2.45) is 5.73 Å². The lowest BCUT2D eigenvalue weighted by molar-refractivity contribution is -0.136. The van der Waals surface area contributed by atoms with Gasteiger partial charge in [0.1, 0.15) is 0 Å². The van der Waals surface area contributed by atoms with Crippen molar-refractivity contribution in [3.8, 4) is 0 Å². The van der Waals surface area contributed by atoms with Crippen molar-refractivity contribution in [2.45, 2.75) is 44.3 Å². The van der Waals surface area contributed by atoms with E-state index in [-0.39, 0.29) is 6.42 Å². The summed E-state index contributed by atoms with van der Waals surface area (Å²) in [5.41, 5.74) is 5.38. The van der Waals surface area contributed by atoms with Gasteiger partial charge in [0, 0.05) is 25.4 Å². The molecular formula is C10H17F3N2S. The first-order valence-electron chi connectivity index (χ1n) is 5.47. The molecule has 2 N–H and O–H groups in total. The molecule has 1 aliphatic carbocycles. The molecule has 0 aliphatic heterocycles. The highest BCUT2D eigenvalue weighted by Crippen LogP contribution is 2.28. The summed E-state index contributed by atoms with van der Waals surface area (Å²) in [6, 6.07) is 0.461. The van der Waals surface area contributed by atoms with E-state index in [4.69, 9.17) is 18.0 Å². The van der Waals surface area contributed by atoms with E-state index in [1.807, 2.05) is 0 Å². The lowest BCUT2D eigenvalue weighted by atomic mass is 10.2. The SMILES string of the molecule is NC(=S)CCN(CCCC(F)(F)F)C1CC1. The van der Waals surface area contributed by atoms with Gasteiger partial charge < -0.3 is 5.73 Å². The minimum Gasteiger partial charge on any atom is -0.393 e. The van der Waals surface area contributed by atoms with E-state index in [0.29, 0.717) is 30.5 Å². The van der Waals surface area contributed by atoms with Crippen LogP contribution in [0.2, 0.25) is 0 Å². The molecule has 1 fully saturated rings. The van der Waals surface area contributed by atoms with Gasteiger partial charge >= 0.3 is 6.18 Å². The standard InChI is InChI=1S/C10H17F3N2S/c11-10(12,13)5-1-6-15(8-2-3-8)7-4-9(14)16/h8H,1-7H2,(H2,14,16). The first kappa shape index (κ1) is 13.7. The monoisotopic (exact) mass is 254 g/mol. The van der Waals surface area contributed by atoms with E-state index in [1.165, 1.54) is 0 Å². The Morgan fingerprint density at radius 3 is 2.38 bits per heavy atom. The van der Waals surface area contributed by atoms with Crippen LogP contribution in [0.3, 0.4) is 0 Å². The second-order valence-corrected chi connectivity index (χ2v) is 4.73. The van der Waals surface area contributed by atoms with Crippen LogP contribution in [0.15, 0.2) is 0 Å². The Morgan fingerprint density at radius 1 is 1.31 bits per heavy atom. The van der Waals surface area contributed by atoms with Crippen LogP contribution < -0.4 is 5.73 Å². The number of hydrogen-bond donors (Lipinski definition) is 1. The van der Waals surface area contributed by atoms with Crippen molar-refractivity contribution < 1.29 is 13.2 Å². The van der Waals surface area contributed by atoms with E-state index in [2.05, 4.69) is 4.90 Å². The summed E-state index contributed by atoms with van der Waals surface area (Å²) in [5.74, 6) is 0. The van der Waals surface area contributed by atoms with Crippen LogP contribution in [0.25, 0.3) is 0 Å². The Bertz CT molecular complexity index is 239. The first-order chi connectivity index (χ1) is 7.38. The van der Waals surface area contributed by atoms with Crippen LogP contribution in [0.4, 0.5) is 13.2 Å². The normalized spacial score (nSPS) is 16.8. The summed E-state index contributed by atoms with van der Waals surface area (Å²) >= 11 is 4.76. The Balaban J connectivity index is 2.20. The largest absolute Gasteiger partial charge is 0.393 e. The van der Waals surface area contributed by atoms with Crippen LogP contribution in [-0.2, 0) is 0 Å². The van der Waals surface area contributed by atoms with Crippen LogP contribution in [0, 0.1) is 0 Å². The van der Waals surface area contributed by atoms with Crippen molar-refractivity contribution >= 4 is 17.2 Å². The van der Waals surface area contributed by atoms with Crippen molar-refractivity contribution in [3.63, 3.8) is 0 Å². The van der Waals surface area contributed by atoms with E-state index >= 15 is 0 Å². The molecule has 1 saturated carbocycles. The predicted octanol–water partition coefficient (Wildman–Crippen LogP) is 2.47. The molecule has 0 atom stereocenters. The fourth-order valence-electron chi connectivity index (χ4n) is 1.65. The Morgan fingerprint density at radius 2 is 1.94 bits per heavy atom. The summed E-state index contributed by atoms with van der Waals surface area (Å²) < 4.78 is 35.9. The Kier molecular flexibility index (Phi) is 4.98. The zero-order chi connectivity index (χ0) is 12.2. The topological polar surface area (TPSA) is 29.3 Å². The third-order valence-corrected chi connectivity index (χ3v) is 2.82. The highest BCUT2D eigenvalue weighted by Gasteiger charge is 2.30. The molecular weight excluding hydrogens is 237 g/mol. The summed E-state index contributed by atoms with van der Waals surface area (Å²) in [6.45, 7) is 1.19. The van der Waals surface area contributed by atoms with Gasteiger partial charge in [-0.25, -0.2) is 0 Å². The van der Waals surface area contributed by atoms with Gasteiger partial charge in [-0.15, -0.1) is 0 Å². The molecule has 2 nitrogen and oxygen atoms in total. The van der Waals surface area contributed by atoms with Crippen LogP contribution in [0.5, 0.6) is 0 Å². The molecule has 0 aromatic carbocycles. The van der Waals surface area contributed by atoms with Gasteiger partial charge in [0.2, 0.25) is 0 Å². The minimum atomic E-state index is -4.04. The molecule has 0 radical (unpaired) electrons. The van der Waals surface area contributed by atoms with Gasteiger partial charge in [0.05, 0.1) is 4.99 Å². The summed E-state index contributed by atoms with van der Waals surface area (Å²) in [7, 11) is 0. The van der Waals surface area contributed by atoms with E-state index in [1.54, 1.807) is 0 Å². The molecule has 16 heavy (non-hydrogen) atoms. The minimum absolute atomic E-state index is 0.164. The molecule has 0 heterocycles. The molecule has 0 amide bonds. The molecule has 1 rings (SSSR count). The van der Waals surface area contributed by atoms with E-state index in [0.717, 1.165) is 12.8 Å². The second kappa shape index (κ2) is 5.82. The van der Waals surface area contributed by atoms with E-state index in [9.17, 15) is 13.2 Å². The van der Waals surface area contributed by atoms with Crippen molar-refractivity contribution in [2.75, 3.05) is 13.1 Å². The van der Waals surface area contributed by atoms with Crippen molar-refractivity contribution in [1.29, 1.82) is 0 Å². The third-order valence-electron chi connectivity index (χ3n) is 2.61. The number of halogens is 3. The number of thiocarbonyl (C=S) groups is 1. The van der Waals surface area contributed by atoms with Gasteiger partial charge in [-0.2, -0.15) is 13.2 Å². The number of alkyl halides is 3. The van der Waals surface area contributed by atoms with Gasteiger partial charge in [-0.1, -0.05) is 12.2 Å². The van der Waals surface area contributed by atoms with Gasteiger partial charge in [0.25, 0.3) is 0 Å². The zero-order valence-corrected chi connectivity index (χ0v) is 9.91. The van der Waals surface area contributed by atoms with E-state index < -0.39 is 12.6 Å². The lowest BCUT2D eigenvalue weighted by Crippen LogP contribution is -2.31. The Hall–Kier alpha value is -0.360. The highest BCUT2D eigenvalue weighted by atomic mass is 32.1. The number of nitrogens with zero attached hydrogens (tertiary/aromatic N) is 1. The van der Waals surface area contributed by atoms with Crippen molar-refractivity contribution in [3.05, 3.63) is 0 Å². The zero-order valence-electron chi connectivity index (χ0n) is 9.09. The highest BCUT2D eigenvalue weighted by molar-refractivity contribution is 7.80. The molecule has 0 aromatic rings. The predicted molar refractivity (Wildman–Crippen MR) is 61.3 cm³/mol. The lowest BCUT2D eigenvalue weighted by Gasteiger charge is -2.21. The number of nitrogens with two attached hydrogens (primary N) is 1. The fraction of sp³-hybridized carbons (Fsp3) is 0.900. The van der Waals surface area contributed by atoms with Crippen LogP contribution >= 0.6 is 12.2 Å². The number of rotatable bonds is 7. The maximum absolute atomic E-state index is 12.0. The van der Waals surface area contributed by atoms with Gasteiger partial charge in [-0.3, -0.25) is 4.90 Å². The Labute approximate surface area is 99.0 Å². The molecule has 1 aliphatic rings. The summed E-state index contributed by atoms with van der Waals surface area (Å²) in [4.78, 5) is 2.51. The summed E-state index contributed by atoms with van der Waals surface area (Å²) in [5, 5.41) is 0. The first-order valence-corrected chi connectivity index (χ1v) is 5.88. The average molecular weight is 254 g/mol. The molecule has 0 spiro atoms. The average Bonchev–Trinajstić information content (AvgIpc) is 2.91. The smallest absolute Gasteiger partial charge is 0.389 e. The van der Waals surface area contributed by atoms with Gasteiger partial charge in [0.15, 0.2) is 0 Å². The molecule has 6 heteroatoms. The maximum atomic E-state index is 12.0. The van der Waals surface area contributed by atoms with Crippen LogP contribution in [0.1, 0.15) is 32.1 Å². The maximum Gasteiger partial charge on any atom is 0.389 e. The quantitative estimate of drug-likeness (QED) is 0.708. The molecule has 0 bridgehead atoms. The second-order valence-electron chi connectivity index (χ2n) is 4.20. The number of hydrogen-bond acceptors (Lipinski definition) is 2. The molecule has 0 unspecified atom stereocenters. The fourth-order valence-corrected chi connectivity index (χ4v) is 1.74. The molecule has 0 saturated heterocycles. The molecule has 94 valence electrons. The summed E-state index contributed by atoms with van der Waals surface area (Å²) in [6.07, 6.45) is -1.82.